The molecule has 166 valence electrons. The van der Waals surface area contributed by atoms with Crippen molar-refractivity contribution in [1.29, 1.82) is 0 Å². The molecule has 8 nitrogen and oxygen atoms in total. The van der Waals surface area contributed by atoms with Gasteiger partial charge in [0.05, 0.1) is 10.6 Å². The van der Waals surface area contributed by atoms with Crippen molar-refractivity contribution in [2.24, 2.45) is 10.2 Å². The van der Waals surface area contributed by atoms with Crippen molar-refractivity contribution in [2.45, 2.75) is 4.90 Å². The highest BCUT2D eigenvalue weighted by atomic mass is 35.5. The zero-order valence-corrected chi connectivity index (χ0v) is 18.4. The van der Waals surface area contributed by atoms with Crippen LogP contribution in [0.15, 0.2) is 94.0 Å². The molecular weight excluding hydrogens is 466 g/mol. The summed E-state index contributed by atoms with van der Waals surface area (Å²) in [7, 11) is -3.99. The number of halogens is 1. The highest BCUT2D eigenvalue weighted by Gasteiger charge is 2.19. The van der Waals surface area contributed by atoms with Crippen LogP contribution in [0.2, 0.25) is 5.02 Å². The molecule has 1 amide bonds. The predicted molar refractivity (Wildman–Crippen MR) is 125 cm³/mol. The van der Waals surface area contributed by atoms with Gasteiger partial charge in [-0.2, -0.15) is 0 Å². The minimum absolute atomic E-state index is 0.00806. The van der Waals surface area contributed by atoms with Crippen molar-refractivity contribution in [3.05, 3.63) is 89.4 Å². The maximum absolute atomic E-state index is 12.9. The first-order valence-electron chi connectivity index (χ1n) is 9.53. The average molecular weight is 482 g/mol. The fourth-order valence-corrected chi connectivity index (χ4v) is 4.32. The van der Waals surface area contributed by atoms with Crippen LogP contribution in [0.3, 0.4) is 0 Å². The van der Waals surface area contributed by atoms with Gasteiger partial charge in [0.15, 0.2) is 5.75 Å². The Hall–Kier alpha value is -3.95. The number of anilines is 1. The van der Waals surface area contributed by atoms with Crippen LogP contribution in [0.25, 0.3) is 10.8 Å². The van der Waals surface area contributed by atoms with E-state index >= 15 is 0 Å². The number of sulfonamides is 1. The minimum atomic E-state index is -3.99. The minimum Gasteiger partial charge on any atom is -0.508 e. The number of nitrogens with zero attached hydrogens (tertiary/aromatic N) is 2. The van der Waals surface area contributed by atoms with Gasteiger partial charge in [0.1, 0.15) is 11.4 Å². The van der Waals surface area contributed by atoms with E-state index < -0.39 is 15.9 Å². The van der Waals surface area contributed by atoms with Crippen molar-refractivity contribution in [3.63, 3.8) is 0 Å². The van der Waals surface area contributed by atoms with E-state index in [2.05, 4.69) is 15.0 Å². The first-order valence-corrected chi connectivity index (χ1v) is 11.4. The van der Waals surface area contributed by atoms with Crippen LogP contribution >= 0.6 is 11.6 Å². The number of phenolic OH excluding ortho intramolecular Hbond substituents is 2. The van der Waals surface area contributed by atoms with E-state index in [1.807, 2.05) is 0 Å². The maximum Gasteiger partial charge on any atom is 0.295 e. The van der Waals surface area contributed by atoms with E-state index in [9.17, 15) is 23.4 Å². The summed E-state index contributed by atoms with van der Waals surface area (Å²) in [4.78, 5) is 12.3. The van der Waals surface area contributed by atoms with Crippen LogP contribution in [0.5, 0.6) is 11.5 Å². The van der Waals surface area contributed by atoms with Crippen molar-refractivity contribution < 1.29 is 23.4 Å². The summed E-state index contributed by atoms with van der Waals surface area (Å²) < 4.78 is 28.3. The molecule has 0 aliphatic heterocycles. The number of fused-ring (bicyclic) bond motifs is 1. The van der Waals surface area contributed by atoms with E-state index in [4.69, 9.17) is 11.6 Å². The molecule has 0 aliphatic rings. The Kier molecular flexibility index (Phi) is 5.99. The van der Waals surface area contributed by atoms with Gasteiger partial charge in [0.2, 0.25) is 0 Å². The monoisotopic (exact) mass is 481 g/mol. The first-order chi connectivity index (χ1) is 15.7. The molecule has 33 heavy (non-hydrogen) atoms. The summed E-state index contributed by atoms with van der Waals surface area (Å²) in [5, 5.41) is 28.7. The second-order valence-electron chi connectivity index (χ2n) is 6.95. The van der Waals surface area contributed by atoms with Crippen molar-refractivity contribution in [1.82, 2.24) is 0 Å². The molecule has 0 spiro atoms. The highest BCUT2D eigenvalue weighted by Crippen LogP contribution is 2.40. The van der Waals surface area contributed by atoms with Crippen LogP contribution in [0.4, 0.5) is 11.4 Å². The van der Waals surface area contributed by atoms with Crippen LogP contribution in [0.1, 0.15) is 10.4 Å². The van der Waals surface area contributed by atoms with Crippen LogP contribution in [0, 0.1) is 0 Å². The Labute approximate surface area is 193 Å². The third-order valence-electron chi connectivity index (χ3n) is 4.71. The third kappa shape index (κ3) is 4.79. The maximum atomic E-state index is 12.9. The van der Waals surface area contributed by atoms with E-state index in [1.54, 1.807) is 24.3 Å². The van der Waals surface area contributed by atoms with Gasteiger partial charge in [0, 0.05) is 21.4 Å². The van der Waals surface area contributed by atoms with E-state index in [0.717, 1.165) is 0 Å². The summed E-state index contributed by atoms with van der Waals surface area (Å²) in [6.45, 7) is 0. The number of amides is 1. The van der Waals surface area contributed by atoms with Crippen molar-refractivity contribution >= 4 is 49.7 Å². The number of hydrogen-bond donors (Lipinski definition) is 3. The molecule has 0 fully saturated rings. The van der Waals surface area contributed by atoms with Gasteiger partial charge in [-0.1, -0.05) is 41.9 Å². The van der Waals surface area contributed by atoms with E-state index in [0.29, 0.717) is 15.8 Å². The quantitative estimate of drug-likeness (QED) is 0.251. The first kappa shape index (κ1) is 22.3. The number of carbonyl (C=O) groups excluding carboxylic acids is 1. The molecule has 0 aliphatic carbocycles. The molecule has 4 aromatic rings. The molecule has 0 atom stereocenters. The van der Waals surface area contributed by atoms with Gasteiger partial charge in [-0.15, -0.1) is 10.2 Å². The fraction of sp³-hybridized carbons (Fsp3) is 0. The molecule has 10 heteroatoms. The van der Waals surface area contributed by atoms with Gasteiger partial charge < -0.3 is 10.2 Å². The lowest BCUT2D eigenvalue weighted by Crippen LogP contribution is -2.13. The molecule has 0 saturated carbocycles. The molecule has 0 saturated heterocycles. The highest BCUT2D eigenvalue weighted by molar-refractivity contribution is 7.92. The lowest BCUT2D eigenvalue weighted by Gasteiger charge is -2.13. The number of carbonyl (C=O) groups is 1. The molecule has 3 N–H and O–H groups in total. The predicted octanol–water partition coefficient (Wildman–Crippen LogP) is 5.63. The number of hydrogen-bond acceptors (Lipinski definition) is 6. The average Bonchev–Trinajstić information content (AvgIpc) is 2.80. The largest absolute Gasteiger partial charge is 0.508 e. The van der Waals surface area contributed by atoms with Gasteiger partial charge in [-0.3, -0.25) is 9.52 Å². The van der Waals surface area contributed by atoms with Crippen LogP contribution < -0.4 is 4.72 Å². The Morgan fingerprint density at radius 1 is 0.879 bits per heavy atom. The zero-order valence-electron chi connectivity index (χ0n) is 16.8. The summed E-state index contributed by atoms with van der Waals surface area (Å²) in [6, 6.07) is 19.1. The molecule has 0 bridgehead atoms. The van der Waals surface area contributed by atoms with E-state index in [1.165, 1.54) is 54.6 Å². The zero-order chi connectivity index (χ0) is 23.6. The molecule has 4 aromatic carbocycles. The summed E-state index contributed by atoms with van der Waals surface area (Å²) in [5.41, 5.74) is 0.121. The lowest BCUT2D eigenvalue weighted by molar-refractivity contribution is 0.0994. The van der Waals surface area contributed by atoms with E-state index in [-0.39, 0.29) is 33.3 Å². The topological polar surface area (TPSA) is 128 Å². The fourth-order valence-electron chi connectivity index (χ4n) is 3.12. The van der Waals surface area contributed by atoms with Gasteiger partial charge in [-0.25, -0.2) is 8.42 Å². The smallest absolute Gasteiger partial charge is 0.295 e. The van der Waals surface area contributed by atoms with Gasteiger partial charge in [0.25, 0.3) is 15.9 Å². The number of benzene rings is 4. The van der Waals surface area contributed by atoms with Crippen molar-refractivity contribution in [3.8, 4) is 11.5 Å². The van der Waals surface area contributed by atoms with Crippen molar-refractivity contribution in [2.75, 3.05) is 4.72 Å². The molecule has 0 radical (unpaired) electrons. The molecular formula is C23H16ClN3O5S. The summed E-state index contributed by atoms with van der Waals surface area (Å²) in [5.74, 6) is -1.13. The number of azo groups is 1. The normalized spacial score (nSPS) is 11.7. The third-order valence-corrected chi connectivity index (χ3v) is 6.34. The Bertz CT molecular complexity index is 1500. The van der Waals surface area contributed by atoms with Gasteiger partial charge in [-0.05, 0) is 48.5 Å². The number of phenols is 2. The summed E-state index contributed by atoms with van der Waals surface area (Å²) in [6.07, 6.45) is 0. The van der Waals surface area contributed by atoms with Crippen LogP contribution in [-0.2, 0) is 10.0 Å². The molecule has 0 unspecified atom stereocenters. The van der Waals surface area contributed by atoms with Gasteiger partial charge >= 0.3 is 0 Å². The Balaban J connectivity index is 1.75. The Morgan fingerprint density at radius 3 is 2.27 bits per heavy atom. The standard InChI is InChI=1S/C23H16ClN3O5S/c24-15-8-10-17(11-9-15)33(31,32)27-20-13-21(22(29)19-7-2-1-6-18(19)20)25-26-23(30)14-4-3-5-16(28)12-14/h1-13,27-29H. The Morgan fingerprint density at radius 2 is 1.58 bits per heavy atom. The number of rotatable bonds is 5. The van der Waals surface area contributed by atoms with Crippen LogP contribution in [-0.4, -0.2) is 24.5 Å². The number of aromatic hydroxyl groups is 2. The molecule has 0 aromatic heterocycles. The SMILES string of the molecule is O=C(N=Nc1cc(NS(=O)(=O)c2ccc(Cl)cc2)c2ccccc2c1O)c1cccc(O)c1. The second-order valence-corrected chi connectivity index (χ2v) is 9.07. The summed E-state index contributed by atoms with van der Waals surface area (Å²) >= 11 is 5.84. The number of nitrogens with one attached hydrogen (secondary N) is 1. The second kappa shape index (κ2) is 8.89. The lowest BCUT2D eigenvalue weighted by atomic mass is 10.1. The molecule has 4 rings (SSSR count). The molecule has 0 heterocycles.